The van der Waals surface area contributed by atoms with Crippen LogP contribution in [-0.2, 0) is 9.53 Å². The standard InChI is InChI=1S/C22H24N2O8/c1-22(2,3)32-21(31)24-16(6-7-17(24)25)18(26)23-13-5-4-11-9-14(19(27)28)15(20(29)30)10-12(11)8-13/h4-5,8-10,16-17,25H,6-7H2,1-3H3,(H,23,26)(H,27,28)(H,29,30)/t16-,17-/m1/s1. The topological polar surface area (TPSA) is 153 Å². The second kappa shape index (κ2) is 8.46. The van der Waals surface area contributed by atoms with Crippen LogP contribution in [-0.4, -0.2) is 62.0 Å². The van der Waals surface area contributed by atoms with Gasteiger partial charge in [0.2, 0.25) is 5.91 Å². The number of aromatic carboxylic acids is 2. The summed E-state index contributed by atoms with van der Waals surface area (Å²) in [5, 5.41) is 32.3. The number of hydrogen-bond acceptors (Lipinski definition) is 6. The molecule has 1 aliphatic rings. The van der Waals surface area contributed by atoms with Crippen molar-refractivity contribution in [2.75, 3.05) is 5.32 Å². The number of carboxylic acid groups (broad SMARTS) is 2. The number of carbonyl (C=O) groups is 4. The lowest BCUT2D eigenvalue weighted by molar-refractivity contribution is -0.122. The van der Waals surface area contributed by atoms with Crippen molar-refractivity contribution in [1.29, 1.82) is 0 Å². The van der Waals surface area contributed by atoms with E-state index in [-0.39, 0.29) is 24.0 Å². The van der Waals surface area contributed by atoms with Gasteiger partial charge in [0, 0.05) is 5.69 Å². The number of rotatable bonds is 4. The highest BCUT2D eigenvalue weighted by atomic mass is 16.6. The van der Waals surface area contributed by atoms with E-state index in [2.05, 4.69) is 5.32 Å². The van der Waals surface area contributed by atoms with E-state index in [9.17, 15) is 34.5 Å². The Kier molecular flexibility index (Phi) is 6.09. The first-order valence-corrected chi connectivity index (χ1v) is 9.92. The van der Waals surface area contributed by atoms with Crippen molar-refractivity contribution >= 4 is 40.4 Å². The second-order valence-electron chi connectivity index (χ2n) is 8.52. The van der Waals surface area contributed by atoms with E-state index in [1.807, 2.05) is 0 Å². The number of hydrogen-bond donors (Lipinski definition) is 4. The van der Waals surface area contributed by atoms with E-state index in [0.29, 0.717) is 16.5 Å². The highest BCUT2D eigenvalue weighted by Gasteiger charge is 2.42. The number of aliphatic hydroxyl groups is 1. The van der Waals surface area contributed by atoms with Crippen molar-refractivity contribution in [3.05, 3.63) is 41.5 Å². The lowest BCUT2D eigenvalue weighted by Crippen LogP contribution is -2.48. The van der Waals surface area contributed by atoms with Gasteiger partial charge in [0.1, 0.15) is 17.9 Å². The molecule has 2 amide bonds. The van der Waals surface area contributed by atoms with Crippen molar-refractivity contribution in [2.45, 2.75) is 51.5 Å². The van der Waals surface area contributed by atoms with Crippen molar-refractivity contribution in [1.82, 2.24) is 4.90 Å². The monoisotopic (exact) mass is 444 g/mol. The van der Waals surface area contributed by atoms with Gasteiger partial charge in [-0.05, 0) is 68.7 Å². The molecule has 2 aromatic rings. The zero-order chi connectivity index (χ0) is 23.8. The highest BCUT2D eigenvalue weighted by Crippen LogP contribution is 2.28. The predicted molar refractivity (Wildman–Crippen MR) is 114 cm³/mol. The molecule has 1 saturated heterocycles. The fourth-order valence-corrected chi connectivity index (χ4v) is 3.57. The molecule has 10 heteroatoms. The molecule has 32 heavy (non-hydrogen) atoms. The Labute approximate surface area is 183 Å². The van der Waals surface area contributed by atoms with Crippen molar-refractivity contribution in [2.24, 2.45) is 0 Å². The molecule has 1 aliphatic heterocycles. The third-order valence-electron chi connectivity index (χ3n) is 4.97. The Morgan fingerprint density at radius 1 is 0.969 bits per heavy atom. The molecule has 0 aliphatic carbocycles. The van der Waals surface area contributed by atoms with Gasteiger partial charge in [-0.1, -0.05) is 6.07 Å². The fraction of sp³-hybridized carbons (Fsp3) is 0.364. The van der Waals surface area contributed by atoms with Gasteiger partial charge in [0.25, 0.3) is 0 Å². The molecule has 0 saturated carbocycles. The van der Waals surface area contributed by atoms with Gasteiger partial charge in [0.05, 0.1) is 11.1 Å². The van der Waals surface area contributed by atoms with Crippen molar-refractivity contribution in [3.8, 4) is 0 Å². The molecule has 3 rings (SSSR count). The first-order valence-electron chi connectivity index (χ1n) is 9.92. The van der Waals surface area contributed by atoms with E-state index in [1.165, 1.54) is 24.3 Å². The van der Waals surface area contributed by atoms with Crippen LogP contribution in [0.2, 0.25) is 0 Å². The summed E-state index contributed by atoms with van der Waals surface area (Å²) in [5.41, 5.74) is -1.18. The number of likely N-dealkylation sites (tertiary alicyclic amines) is 1. The molecule has 170 valence electrons. The molecule has 0 spiro atoms. The normalized spacial score (nSPS) is 18.4. The lowest BCUT2D eigenvalue weighted by atomic mass is 10.0. The molecule has 1 fully saturated rings. The third-order valence-corrected chi connectivity index (χ3v) is 4.97. The maximum atomic E-state index is 12.9. The van der Waals surface area contributed by atoms with Gasteiger partial charge in [-0.25, -0.2) is 14.4 Å². The summed E-state index contributed by atoms with van der Waals surface area (Å²) in [6.07, 6.45) is -1.49. The number of aliphatic hydroxyl groups excluding tert-OH is 1. The molecule has 2 atom stereocenters. The zero-order valence-electron chi connectivity index (χ0n) is 17.8. The van der Waals surface area contributed by atoms with Crippen LogP contribution in [0.15, 0.2) is 30.3 Å². The molecule has 0 aromatic heterocycles. The van der Waals surface area contributed by atoms with E-state index < -0.39 is 41.8 Å². The highest BCUT2D eigenvalue weighted by molar-refractivity contribution is 6.07. The van der Waals surface area contributed by atoms with E-state index in [0.717, 1.165) is 4.90 Å². The molecular weight excluding hydrogens is 420 g/mol. The van der Waals surface area contributed by atoms with Gasteiger partial charge in [-0.3, -0.25) is 9.69 Å². The van der Waals surface area contributed by atoms with E-state index in [4.69, 9.17) is 4.74 Å². The number of fused-ring (bicyclic) bond motifs is 1. The summed E-state index contributed by atoms with van der Waals surface area (Å²) in [6.45, 7) is 5.04. The molecule has 0 radical (unpaired) electrons. The van der Waals surface area contributed by atoms with Gasteiger partial charge in [-0.2, -0.15) is 0 Å². The maximum Gasteiger partial charge on any atom is 0.413 e. The minimum atomic E-state index is -1.38. The first-order chi connectivity index (χ1) is 14.9. The maximum absolute atomic E-state index is 12.9. The molecule has 1 heterocycles. The van der Waals surface area contributed by atoms with Crippen LogP contribution in [0.4, 0.5) is 10.5 Å². The average Bonchev–Trinajstić information content (AvgIpc) is 3.07. The average molecular weight is 444 g/mol. The largest absolute Gasteiger partial charge is 0.478 e. The summed E-state index contributed by atoms with van der Waals surface area (Å²) in [5.74, 6) is -3.28. The van der Waals surface area contributed by atoms with E-state index in [1.54, 1.807) is 26.8 Å². The molecule has 2 aromatic carbocycles. The number of ether oxygens (including phenoxy) is 1. The number of anilines is 1. The summed E-state index contributed by atoms with van der Waals surface area (Å²) in [4.78, 5) is 49.1. The lowest BCUT2D eigenvalue weighted by Gasteiger charge is -2.30. The summed E-state index contributed by atoms with van der Waals surface area (Å²) < 4.78 is 5.29. The number of carbonyl (C=O) groups excluding carboxylic acids is 2. The van der Waals surface area contributed by atoms with Crippen LogP contribution >= 0.6 is 0 Å². The summed E-state index contributed by atoms with van der Waals surface area (Å²) in [7, 11) is 0. The van der Waals surface area contributed by atoms with Crippen LogP contribution in [0.1, 0.15) is 54.3 Å². The number of nitrogens with one attached hydrogen (secondary N) is 1. The number of carboxylic acids is 2. The smallest absolute Gasteiger partial charge is 0.413 e. The minimum Gasteiger partial charge on any atom is -0.478 e. The molecule has 4 N–H and O–H groups in total. The second-order valence-corrected chi connectivity index (χ2v) is 8.52. The third kappa shape index (κ3) is 4.80. The van der Waals surface area contributed by atoms with Gasteiger partial charge in [0.15, 0.2) is 0 Å². The van der Waals surface area contributed by atoms with Gasteiger partial charge >= 0.3 is 18.0 Å². The predicted octanol–water partition coefficient (Wildman–Crippen LogP) is 2.89. The van der Waals surface area contributed by atoms with Crippen molar-refractivity contribution < 1.29 is 39.2 Å². The van der Waals surface area contributed by atoms with Crippen LogP contribution in [0.3, 0.4) is 0 Å². The van der Waals surface area contributed by atoms with Crippen LogP contribution < -0.4 is 5.32 Å². The minimum absolute atomic E-state index is 0.217. The number of amides is 2. The van der Waals surface area contributed by atoms with Crippen LogP contribution in [0.5, 0.6) is 0 Å². The Bertz CT molecular complexity index is 1110. The fourth-order valence-electron chi connectivity index (χ4n) is 3.57. The van der Waals surface area contributed by atoms with Gasteiger partial charge in [-0.15, -0.1) is 0 Å². The first kappa shape index (κ1) is 23.0. The van der Waals surface area contributed by atoms with Crippen molar-refractivity contribution in [3.63, 3.8) is 0 Å². The van der Waals surface area contributed by atoms with E-state index >= 15 is 0 Å². The summed E-state index contributed by atoms with van der Waals surface area (Å²) in [6, 6.07) is 6.13. The quantitative estimate of drug-likeness (QED) is 0.561. The Morgan fingerprint density at radius 2 is 1.56 bits per heavy atom. The molecule has 0 bridgehead atoms. The SMILES string of the molecule is CC(C)(C)OC(=O)N1[C@H](O)CC[C@@H]1C(=O)Nc1ccc2cc(C(=O)O)c(C(=O)O)cc2c1. The van der Waals surface area contributed by atoms with Gasteiger partial charge < -0.3 is 25.4 Å². The Balaban J connectivity index is 1.86. The molecular formula is C22H24N2O8. The zero-order valence-corrected chi connectivity index (χ0v) is 17.8. The molecule has 0 unspecified atom stereocenters. The van der Waals surface area contributed by atoms with Crippen LogP contribution in [0.25, 0.3) is 10.8 Å². The molecule has 10 nitrogen and oxygen atoms in total. The van der Waals surface area contributed by atoms with Crippen LogP contribution in [0, 0.1) is 0 Å². The Morgan fingerprint density at radius 3 is 2.12 bits per heavy atom. The summed E-state index contributed by atoms with van der Waals surface area (Å²) >= 11 is 0. The Hall–Kier alpha value is -3.66. The number of nitrogens with zero attached hydrogens (tertiary/aromatic N) is 1. The number of benzene rings is 2.